The van der Waals surface area contributed by atoms with Crippen molar-refractivity contribution in [2.75, 3.05) is 0 Å². The van der Waals surface area contributed by atoms with Gasteiger partial charge in [-0.15, -0.1) is 0 Å². The van der Waals surface area contributed by atoms with Crippen LogP contribution in [0.15, 0.2) is 182 Å². The molecule has 50 heavy (non-hydrogen) atoms. The Morgan fingerprint density at radius 3 is 1.60 bits per heavy atom. The Balaban J connectivity index is 1.28. The van der Waals surface area contributed by atoms with Gasteiger partial charge in [-0.05, 0) is 122 Å². The van der Waals surface area contributed by atoms with Crippen LogP contribution in [-0.4, -0.2) is 0 Å². The van der Waals surface area contributed by atoms with Crippen LogP contribution in [-0.2, 0) is 0 Å². The highest BCUT2D eigenvalue weighted by Gasteiger charge is 2.24. The first-order chi connectivity index (χ1) is 24.8. The Bertz CT molecular complexity index is 3000. The summed E-state index contributed by atoms with van der Waals surface area (Å²) in [6.45, 7) is 0. The van der Waals surface area contributed by atoms with Gasteiger partial charge in [0, 0.05) is 0 Å². The first kappa shape index (κ1) is 27.5. The first-order valence-corrected chi connectivity index (χ1v) is 17.4. The zero-order valence-corrected chi connectivity index (χ0v) is 27.3. The lowest BCUT2D eigenvalue weighted by molar-refractivity contribution is 1.66. The van der Waals surface area contributed by atoms with Gasteiger partial charge in [0.25, 0.3) is 0 Å². The highest BCUT2D eigenvalue weighted by molar-refractivity contribution is 6.27. The molecule has 0 N–H and O–H groups in total. The predicted octanol–water partition coefficient (Wildman–Crippen LogP) is 14.1. The molecule has 0 atom stereocenters. The van der Waals surface area contributed by atoms with Crippen molar-refractivity contribution < 1.29 is 0 Å². The van der Waals surface area contributed by atoms with Crippen molar-refractivity contribution in [3.8, 4) is 55.6 Å². The second-order valence-corrected chi connectivity index (χ2v) is 13.6. The average molecular weight is 631 g/mol. The molecule has 230 valence electrons. The van der Waals surface area contributed by atoms with Gasteiger partial charge in [-0.1, -0.05) is 170 Å². The monoisotopic (exact) mass is 630 g/mol. The molecule has 0 amide bonds. The van der Waals surface area contributed by atoms with E-state index in [0.29, 0.717) is 0 Å². The van der Waals surface area contributed by atoms with Crippen LogP contribution in [0.5, 0.6) is 0 Å². The van der Waals surface area contributed by atoms with Gasteiger partial charge in [-0.25, -0.2) is 0 Å². The zero-order chi connectivity index (χ0) is 32.8. The van der Waals surface area contributed by atoms with Gasteiger partial charge in [-0.2, -0.15) is 0 Å². The highest BCUT2D eigenvalue weighted by atomic mass is 14.3. The van der Waals surface area contributed by atoms with Gasteiger partial charge >= 0.3 is 0 Å². The van der Waals surface area contributed by atoms with Gasteiger partial charge in [-0.3, -0.25) is 0 Å². The molecule has 0 saturated carbocycles. The van der Waals surface area contributed by atoms with Crippen LogP contribution in [0.3, 0.4) is 0 Å². The van der Waals surface area contributed by atoms with Crippen molar-refractivity contribution in [2.45, 2.75) is 0 Å². The Labute approximate surface area is 290 Å². The Hall–Kier alpha value is -6.50. The average Bonchev–Trinajstić information content (AvgIpc) is 3.51. The third-order valence-electron chi connectivity index (χ3n) is 11.0. The standard InChI is InChI=1S/C50H30/c1-2-13-33-29-35(24-23-31(33)11-1)48-41-18-7-8-19-42(41)50(45-28-27-44-39-17-6-5-16-38(39)40-21-10-22-43(45)49(40)44)46-26-25-34(30-47(46)48)37-20-9-14-32-12-3-4-15-36(32)37/h1-30H. The lowest BCUT2D eigenvalue weighted by atomic mass is 9.83. The maximum Gasteiger partial charge on any atom is -0.00201 e. The Morgan fingerprint density at radius 2 is 0.760 bits per heavy atom. The third-order valence-corrected chi connectivity index (χ3v) is 11.0. The highest BCUT2D eigenvalue weighted by Crippen LogP contribution is 2.52. The number of hydrogen-bond acceptors (Lipinski definition) is 0. The molecule has 10 aromatic carbocycles. The fraction of sp³-hybridized carbons (Fsp3) is 0. The van der Waals surface area contributed by atoms with Gasteiger partial charge in [0.15, 0.2) is 0 Å². The van der Waals surface area contributed by atoms with Crippen LogP contribution < -0.4 is 0 Å². The van der Waals surface area contributed by atoms with Crippen LogP contribution in [0.25, 0.3) is 109 Å². The summed E-state index contributed by atoms with van der Waals surface area (Å²) in [6.07, 6.45) is 0. The molecule has 0 bridgehead atoms. The van der Waals surface area contributed by atoms with E-state index in [4.69, 9.17) is 0 Å². The molecular formula is C50H30. The third kappa shape index (κ3) is 3.88. The number of hydrogen-bond donors (Lipinski definition) is 0. The first-order valence-electron chi connectivity index (χ1n) is 17.4. The lowest BCUT2D eigenvalue weighted by Crippen LogP contribution is -1.93. The van der Waals surface area contributed by atoms with Crippen molar-refractivity contribution in [1.82, 2.24) is 0 Å². The topological polar surface area (TPSA) is 0 Å². The second kappa shape index (κ2) is 10.5. The van der Waals surface area contributed by atoms with E-state index < -0.39 is 0 Å². The quantitative estimate of drug-likeness (QED) is 0.170. The van der Waals surface area contributed by atoms with E-state index in [0.717, 1.165) is 0 Å². The summed E-state index contributed by atoms with van der Waals surface area (Å²) in [4.78, 5) is 0. The molecule has 0 aliphatic heterocycles. The van der Waals surface area contributed by atoms with Crippen molar-refractivity contribution in [3.63, 3.8) is 0 Å². The SMILES string of the molecule is c1ccc2c(c1)-c1cccc3c(-c4c5ccccc5c(-c5ccc6ccccc6c5)c5cc(-c6cccc7ccccc67)ccc45)ccc-2c13. The van der Waals surface area contributed by atoms with Gasteiger partial charge < -0.3 is 0 Å². The van der Waals surface area contributed by atoms with E-state index in [1.54, 1.807) is 0 Å². The largest absolute Gasteiger partial charge is 0.0616 e. The predicted molar refractivity (Wildman–Crippen MR) is 215 cm³/mol. The molecular weight excluding hydrogens is 601 g/mol. The van der Waals surface area contributed by atoms with Crippen molar-refractivity contribution in [3.05, 3.63) is 182 Å². The van der Waals surface area contributed by atoms with Gasteiger partial charge in [0.05, 0.1) is 0 Å². The molecule has 0 heteroatoms. The van der Waals surface area contributed by atoms with E-state index in [1.807, 2.05) is 0 Å². The molecule has 1 aliphatic carbocycles. The van der Waals surface area contributed by atoms with Crippen LogP contribution in [0.1, 0.15) is 0 Å². The fourth-order valence-electron chi connectivity index (χ4n) is 8.80. The van der Waals surface area contributed by atoms with E-state index in [1.165, 1.54) is 109 Å². The van der Waals surface area contributed by atoms with Crippen LogP contribution in [0.2, 0.25) is 0 Å². The summed E-state index contributed by atoms with van der Waals surface area (Å²) < 4.78 is 0. The van der Waals surface area contributed by atoms with Crippen LogP contribution in [0, 0.1) is 0 Å². The molecule has 0 nitrogen and oxygen atoms in total. The minimum absolute atomic E-state index is 1.23. The summed E-state index contributed by atoms with van der Waals surface area (Å²) in [6, 6.07) is 67.7. The molecule has 0 unspecified atom stereocenters. The zero-order valence-electron chi connectivity index (χ0n) is 27.3. The molecule has 0 saturated heterocycles. The number of fused-ring (bicyclic) bond motifs is 7. The fourth-order valence-corrected chi connectivity index (χ4v) is 8.80. The lowest BCUT2D eigenvalue weighted by Gasteiger charge is -2.20. The maximum absolute atomic E-state index is 2.45. The summed E-state index contributed by atoms with van der Waals surface area (Å²) >= 11 is 0. The van der Waals surface area contributed by atoms with Crippen LogP contribution >= 0.6 is 0 Å². The Kier molecular flexibility index (Phi) is 5.76. The minimum Gasteiger partial charge on any atom is -0.0616 e. The van der Waals surface area contributed by atoms with Crippen LogP contribution in [0.4, 0.5) is 0 Å². The van der Waals surface area contributed by atoms with Crippen molar-refractivity contribution in [2.24, 2.45) is 0 Å². The van der Waals surface area contributed by atoms with E-state index in [9.17, 15) is 0 Å². The van der Waals surface area contributed by atoms with E-state index in [-0.39, 0.29) is 0 Å². The van der Waals surface area contributed by atoms with E-state index >= 15 is 0 Å². The Morgan fingerprint density at radius 1 is 0.220 bits per heavy atom. The maximum atomic E-state index is 2.45. The van der Waals surface area contributed by atoms with Gasteiger partial charge in [0.2, 0.25) is 0 Å². The van der Waals surface area contributed by atoms with Crippen molar-refractivity contribution >= 4 is 53.9 Å². The summed E-state index contributed by atoms with van der Waals surface area (Å²) in [7, 11) is 0. The number of rotatable bonds is 3. The second-order valence-electron chi connectivity index (χ2n) is 13.6. The van der Waals surface area contributed by atoms with E-state index in [2.05, 4.69) is 182 Å². The molecule has 0 heterocycles. The molecule has 0 spiro atoms. The molecule has 1 aliphatic rings. The molecule has 10 aromatic rings. The molecule has 0 radical (unpaired) electrons. The van der Waals surface area contributed by atoms with Crippen molar-refractivity contribution in [1.29, 1.82) is 0 Å². The summed E-state index contributed by atoms with van der Waals surface area (Å²) in [5.74, 6) is 0. The molecule has 0 fully saturated rings. The minimum atomic E-state index is 1.23. The summed E-state index contributed by atoms with van der Waals surface area (Å²) in [5.41, 5.74) is 12.9. The molecule has 0 aromatic heterocycles. The smallest absolute Gasteiger partial charge is 0.00201 e. The van der Waals surface area contributed by atoms with Gasteiger partial charge in [0.1, 0.15) is 0 Å². The number of benzene rings is 10. The summed E-state index contributed by atoms with van der Waals surface area (Å²) in [5, 5.41) is 12.8. The molecule has 11 rings (SSSR count). The normalized spacial score (nSPS) is 12.0.